The van der Waals surface area contributed by atoms with Crippen molar-refractivity contribution in [3.05, 3.63) is 35.3 Å². The molecule has 0 unspecified atom stereocenters. The number of anilines is 1. The monoisotopic (exact) mass is 307 g/mol. The molecule has 106 valence electrons. The van der Waals surface area contributed by atoms with Gasteiger partial charge in [-0.2, -0.15) is 0 Å². The number of hydrogen-bond donors (Lipinski definition) is 1. The molecule has 0 fully saturated rings. The Kier molecular flexibility index (Phi) is 4.77. The Balaban J connectivity index is 1.86. The molecule has 0 aliphatic rings. The van der Waals surface area contributed by atoms with Crippen LogP contribution in [0.3, 0.4) is 0 Å². The Bertz CT molecular complexity index is 559. The number of carbonyl (C=O) groups excluding carboxylic acids is 1. The smallest absolute Gasteiger partial charge is 0.236 e. The molecule has 0 saturated heterocycles. The highest BCUT2D eigenvalue weighted by molar-refractivity contribution is 8.00. The van der Waals surface area contributed by atoms with Gasteiger partial charge < -0.3 is 0 Å². The lowest BCUT2D eigenvalue weighted by atomic mass is 9.87. The maximum atomic E-state index is 11.7. The Morgan fingerprint density at radius 1 is 1.30 bits per heavy atom. The number of hydrogen-bond acceptors (Lipinski definition) is 5. The molecule has 2 aromatic rings. The van der Waals surface area contributed by atoms with E-state index in [1.165, 1.54) is 28.7 Å². The second-order valence-corrected chi connectivity index (χ2v) is 7.24. The molecule has 1 aromatic carbocycles. The van der Waals surface area contributed by atoms with Gasteiger partial charge in [-0.15, -0.1) is 22.0 Å². The summed E-state index contributed by atoms with van der Waals surface area (Å²) in [5.41, 5.74) is 3.03. The predicted octanol–water partition coefficient (Wildman–Crippen LogP) is 3.57. The summed E-state index contributed by atoms with van der Waals surface area (Å²) < 4.78 is 0. The zero-order valence-corrected chi connectivity index (χ0v) is 13.3. The third kappa shape index (κ3) is 4.31. The zero-order chi connectivity index (χ0) is 14.6. The molecule has 20 heavy (non-hydrogen) atoms. The van der Waals surface area contributed by atoms with Crippen LogP contribution in [0.2, 0.25) is 0 Å². The molecule has 1 N–H and O–H groups in total. The molecule has 0 aliphatic carbocycles. The summed E-state index contributed by atoms with van der Waals surface area (Å²) in [7, 11) is 0. The van der Waals surface area contributed by atoms with Crippen LogP contribution in [0.4, 0.5) is 5.13 Å². The number of amides is 1. The van der Waals surface area contributed by atoms with E-state index >= 15 is 0 Å². The van der Waals surface area contributed by atoms with Gasteiger partial charge in [0.05, 0.1) is 5.75 Å². The lowest BCUT2D eigenvalue weighted by molar-refractivity contribution is -0.113. The van der Waals surface area contributed by atoms with Crippen LogP contribution < -0.4 is 5.32 Å². The minimum absolute atomic E-state index is 0.0633. The molecule has 1 amide bonds. The first-order valence-corrected chi connectivity index (χ1v) is 8.11. The Morgan fingerprint density at radius 2 is 2.00 bits per heavy atom. The summed E-state index contributed by atoms with van der Waals surface area (Å²) in [6.07, 6.45) is 0. The summed E-state index contributed by atoms with van der Waals surface area (Å²) in [4.78, 5) is 12.8. The highest BCUT2D eigenvalue weighted by Crippen LogP contribution is 2.25. The van der Waals surface area contributed by atoms with Crippen LogP contribution >= 0.6 is 23.1 Å². The van der Waals surface area contributed by atoms with Gasteiger partial charge in [0.15, 0.2) is 0 Å². The van der Waals surface area contributed by atoms with Gasteiger partial charge in [0, 0.05) is 4.90 Å². The number of rotatable bonds is 4. The van der Waals surface area contributed by atoms with E-state index in [2.05, 4.69) is 60.6 Å². The normalized spacial score (nSPS) is 11.3. The van der Waals surface area contributed by atoms with E-state index in [0.717, 1.165) is 4.90 Å². The number of benzene rings is 1. The van der Waals surface area contributed by atoms with Crippen molar-refractivity contribution < 1.29 is 4.79 Å². The highest BCUT2D eigenvalue weighted by atomic mass is 32.2. The molecule has 1 aromatic heterocycles. The number of nitrogens with one attached hydrogen (secondary N) is 1. The van der Waals surface area contributed by atoms with Gasteiger partial charge in [0.2, 0.25) is 11.0 Å². The van der Waals surface area contributed by atoms with Crippen molar-refractivity contribution in [2.45, 2.75) is 31.1 Å². The molecule has 0 radical (unpaired) electrons. The van der Waals surface area contributed by atoms with E-state index in [9.17, 15) is 4.79 Å². The van der Waals surface area contributed by atoms with Crippen molar-refractivity contribution in [1.29, 1.82) is 0 Å². The Hall–Kier alpha value is -1.40. The molecule has 4 nitrogen and oxygen atoms in total. The van der Waals surface area contributed by atoms with Crippen molar-refractivity contribution in [1.82, 2.24) is 10.2 Å². The number of carbonyl (C=O) groups is 1. The average molecular weight is 307 g/mol. The van der Waals surface area contributed by atoms with Crippen LogP contribution in [0.5, 0.6) is 0 Å². The standard InChI is InChI=1S/C14H17N3OS2/c1-14(2,3)10-4-6-11(7-5-10)19-8-12(18)16-13-17-15-9-20-13/h4-7,9H,8H2,1-3H3,(H,16,17,18). The maximum Gasteiger partial charge on any atom is 0.236 e. The van der Waals surface area contributed by atoms with E-state index in [4.69, 9.17) is 0 Å². The molecular weight excluding hydrogens is 290 g/mol. The Labute approximate surface area is 127 Å². The van der Waals surface area contributed by atoms with Gasteiger partial charge in [-0.05, 0) is 23.1 Å². The molecule has 0 atom stereocenters. The zero-order valence-electron chi connectivity index (χ0n) is 11.7. The van der Waals surface area contributed by atoms with E-state index in [1.54, 1.807) is 5.51 Å². The van der Waals surface area contributed by atoms with Crippen LogP contribution in [0.15, 0.2) is 34.7 Å². The molecule has 6 heteroatoms. The van der Waals surface area contributed by atoms with E-state index < -0.39 is 0 Å². The summed E-state index contributed by atoms with van der Waals surface area (Å²) >= 11 is 2.83. The molecule has 0 aliphatic heterocycles. The van der Waals surface area contributed by atoms with Crippen LogP contribution in [-0.4, -0.2) is 21.9 Å². The van der Waals surface area contributed by atoms with Gasteiger partial charge in [0.1, 0.15) is 5.51 Å². The molecule has 0 saturated carbocycles. The van der Waals surface area contributed by atoms with Gasteiger partial charge >= 0.3 is 0 Å². The topological polar surface area (TPSA) is 54.9 Å². The summed E-state index contributed by atoms with van der Waals surface area (Å²) in [6, 6.07) is 8.35. The molecular formula is C14H17N3OS2. The quantitative estimate of drug-likeness (QED) is 0.877. The minimum Gasteiger partial charge on any atom is -0.300 e. The molecule has 2 rings (SSSR count). The third-order valence-corrected chi connectivity index (χ3v) is 4.32. The summed E-state index contributed by atoms with van der Waals surface area (Å²) in [5, 5.41) is 10.7. The largest absolute Gasteiger partial charge is 0.300 e. The van der Waals surface area contributed by atoms with Crippen molar-refractivity contribution in [2.75, 3.05) is 11.1 Å². The maximum absolute atomic E-state index is 11.7. The van der Waals surface area contributed by atoms with Crippen molar-refractivity contribution >= 4 is 34.1 Å². The first-order chi connectivity index (χ1) is 9.45. The lowest BCUT2D eigenvalue weighted by Crippen LogP contribution is -2.14. The fourth-order valence-corrected chi connectivity index (χ4v) is 2.74. The lowest BCUT2D eigenvalue weighted by Gasteiger charge is -2.19. The average Bonchev–Trinajstić information content (AvgIpc) is 2.88. The Morgan fingerprint density at radius 3 is 2.55 bits per heavy atom. The minimum atomic E-state index is -0.0633. The fourth-order valence-electron chi connectivity index (χ4n) is 1.58. The first-order valence-electron chi connectivity index (χ1n) is 6.24. The van der Waals surface area contributed by atoms with Crippen molar-refractivity contribution in [3.8, 4) is 0 Å². The molecule has 1 heterocycles. The van der Waals surface area contributed by atoms with Crippen LogP contribution in [0.25, 0.3) is 0 Å². The fraction of sp³-hybridized carbons (Fsp3) is 0.357. The van der Waals surface area contributed by atoms with E-state index in [1.807, 2.05) is 0 Å². The third-order valence-electron chi connectivity index (χ3n) is 2.70. The summed E-state index contributed by atoms with van der Waals surface area (Å²) in [6.45, 7) is 6.56. The van der Waals surface area contributed by atoms with Crippen LogP contribution in [-0.2, 0) is 10.2 Å². The second-order valence-electron chi connectivity index (χ2n) is 5.36. The van der Waals surface area contributed by atoms with Gasteiger partial charge in [-0.1, -0.05) is 44.2 Å². The summed E-state index contributed by atoms with van der Waals surface area (Å²) in [5.74, 6) is 0.306. The van der Waals surface area contributed by atoms with Gasteiger partial charge in [0.25, 0.3) is 0 Å². The first kappa shape index (κ1) is 15.0. The highest BCUT2D eigenvalue weighted by Gasteiger charge is 2.13. The number of aromatic nitrogens is 2. The van der Waals surface area contributed by atoms with E-state index in [0.29, 0.717) is 10.9 Å². The van der Waals surface area contributed by atoms with E-state index in [-0.39, 0.29) is 11.3 Å². The van der Waals surface area contributed by atoms with Crippen LogP contribution in [0.1, 0.15) is 26.3 Å². The van der Waals surface area contributed by atoms with Gasteiger partial charge in [-0.25, -0.2) is 0 Å². The number of thioether (sulfide) groups is 1. The van der Waals surface area contributed by atoms with Gasteiger partial charge in [-0.3, -0.25) is 10.1 Å². The molecule has 0 bridgehead atoms. The van der Waals surface area contributed by atoms with Crippen LogP contribution in [0, 0.1) is 0 Å². The SMILES string of the molecule is CC(C)(C)c1ccc(SCC(=O)Nc2nncs2)cc1. The molecule has 0 spiro atoms. The van der Waals surface area contributed by atoms with Crippen molar-refractivity contribution in [3.63, 3.8) is 0 Å². The second kappa shape index (κ2) is 6.37. The van der Waals surface area contributed by atoms with Crippen molar-refractivity contribution in [2.24, 2.45) is 0 Å². The number of nitrogens with zero attached hydrogens (tertiary/aromatic N) is 2. The predicted molar refractivity (Wildman–Crippen MR) is 84.4 cm³/mol.